The smallest absolute Gasteiger partial charge is 0.162 e. The third-order valence-electron chi connectivity index (χ3n) is 2.03. The highest BCUT2D eigenvalue weighted by molar-refractivity contribution is 5.77. The predicted molar refractivity (Wildman–Crippen MR) is 48.3 cm³/mol. The summed E-state index contributed by atoms with van der Waals surface area (Å²) < 4.78 is 1.87. The van der Waals surface area contributed by atoms with Gasteiger partial charge in [-0.15, -0.1) is 10.2 Å². The Hall–Kier alpha value is -1.97. The first-order chi connectivity index (χ1) is 6.45. The Bertz CT molecular complexity index is 570. The normalized spacial score (nSPS) is 11.1. The molecular weight excluding hydrogens is 164 g/mol. The van der Waals surface area contributed by atoms with Crippen LogP contribution in [0.25, 0.3) is 16.7 Å². The Morgan fingerprint density at radius 2 is 2.15 bits per heavy atom. The summed E-state index contributed by atoms with van der Waals surface area (Å²) in [5.74, 6) is 0. The largest absolute Gasteiger partial charge is 0.265 e. The quantitative estimate of drug-likeness (QED) is 0.510. The Morgan fingerprint density at radius 3 is 3.15 bits per heavy atom. The summed E-state index contributed by atoms with van der Waals surface area (Å²) in [6.07, 6.45) is 3.44. The van der Waals surface area contributed by atoms with E-state index in [-0.39, 0.29) is 0 Å². The Kier molecular flexibility index (Phi) is 1.14. The molecule has 4 nitrogen and oxygen atoms in total. The average molecular weight is 170 g/mol. The molecule has 0 fully saturated rings. The lowest BCUT2D eigenvalue weighted by atomic mass is 10.3. The molecule has 3 rings (SSSR count). The van der Waals surface area contributed by atoms with Gasteiger partial charge >= 0.3 is 0 Å². The molecule has 0 spiro atoms. The van der Waals surface area contributed by atoms with E-state index in [1.807, 2.05) is 28.7 Å². The van der Waals surface area contributed by atoms with Crippen LogP contribution in [-0.2, 0) is 0 Å². The van der Waals surface area contributed by atoms with E-state index in [0.717, 1.165) is 16.7 Å². The topological polar surface area (TPSA) is 43.1 Å². The van der Waals surface area contributed by atoms with Gasteiger partial charge in [0.15, 0.2) is 5.65 Å². The minimum Gasteiger partial charge on any atom is -0.265 e. The van der Waals surface area contributed by atoms with Crippen molar-refractivity contribution in [3.63, 3.8) is 0 Å². The molecule has 0 saturated carbocycles. The van der Waals surface area contributed by atoms with Gasteiger partial charge in [0.1, 0.15) is 12.0 Å². The highest BCUT2D eigenvalue weighted by Gasteiger charge is 1.99. The molecule has 62 valence electrons. The lowest BCUT2D eigenvalue weighted by Crippen LogP contribution is -1.88. The van der Waals surface area contributed by atoms with Gasteiger partial charge in [-0.2, -0.15) is 0 Å². The Balaban J connectivity index is 2.65. The van der Waals surface area contributed by atoms with Crippen molar-refractivity contribution in [3.05, 3.63) is 36.8 Å². The Morgan fingerprint density at radius 1 is 1.15 bits per heavy atom. The molecule has 0 unspecified atom stereocenters. The maximum Gasteiger partial charge on any atom is 0.162 e. The summed E-state index contributed by atoms with van der Waals surface area (Å²) in [6.45, 7) is 0. The molecule has 0 N–H and O–H groups in total. The van der Waals surface area contributed by atoms with E-state index >= 15 is 0 Å². The zero-order valence-corrected chi connectivity index (χ0v) is 6.75. The van der Waals surface area contributed by atoms with Gasteiger partial charge < -0.3 is 0 Å². The molecule has 0 amide bonds. The van der Waals surface area contributed by atoms with Gasteiger partial charge in [0.2, 0.25) is 0 Å². The fourth-order valence-electron chi connectivity index (χ4n) is 1.43. The van der Waals surface area contributed by atoms with Crippen LogP contribution < -0.4 is 0 Å². The number of hydrogen-bond donors (Lipinski definition) is 0. The maximum absolute atomic E-state index is 4.26. The molecule has 0 bridgehead atoms. The van der Waals surface area contributed by atoms with Crippen molar-refractivity contribution in [3.8, 4) is 0 Å². The molecule has 0 aliphatic rings. The number of fused-ring (bicyclic) bond motifs is 3. The zero-order valence-electron chi connectivity index (χ0n) is 6.75. The minimum absolute atomic E-state index is 0.825. The van der Waals surface area contributed by atoms with E-state index in [9.17, 15) is 0 Å². The standard InChI is InChI=1S/C9H6N4/c1-2-7-3-4-8-12-11-6-13(8)9(7)10-5-1/h1-6H. The molecule has 13 heavy (non-hydrogen) atoms. The van der Waals surface area contributed by atoms with Crippen LogP contribution in [0.15, 0.2) is 36.8 Å². The molecule has 3 heterocycles. The molecule has 0 aromatic carbocycles. The van der Waals surface area contributed by atoms with E-state index < -0.39 is 0 Å². The second-order valence-electron chi connectivity index (χ2n) is 2.81. The molecule has 0 radical (unpaired) electrons. The third kappa shape index (κ3) is 0.823. The van der Waals surface area contributed by atoms with Gasteiger partial charge in [-0.05, 0) is 24.3 Å². The number of hydrogen-bond acceptors (Lipinski definition) is 3. The van der Waals surface area contributed by atoms with E-state index in [4.69, 9.17) is 0 Å². The predicted octanol–water partition coefficient (Wildman–Crippen LogP) is 1.28. The summed E-state index contributed by atoms with van der Waals surface area (Å²) >= 11 is 0. The fourth-order valence-corrected chi connectivity index (χ4v) is 1.43. The zero-order chi connectivity index (χ0) is 8.67. The third-order valence-corrected chi connectivity index (χ3v) is 2.03. The molecule has 4 heteroatoms. The molecule has 0 saturated heterocycles. The number of pyridine rings is 2. The van der Waals surface area contributed by atoms with E-state index in [1.165, 1.54) is 0 Å². The SMILES string of the molecule is c1cnc2c(c1)ccc1nncn12. The van der Waals surface area contributed by atoms with Crippen LogP contribution in [0.2, 0.25) is 0 Å². The average Bonchev–Trinajstić information content (AvgIpc) is 2.65. The van der Waals surface area contributed by atoms with Crippen LogP contribution in [0.4, 0.5) is 0 Å². The summed E-state index contributed by atoms with van der Waals surface area (Å²) in [5.41, 5.74) is 1.72. The first kappa shape index (κ1) is 6.54. The monoisotopic (exact) mass is 170 g/mol. The first-order valence-corrected chi connectivity index (χ1v) is 3.99. The molecule has 3 aromatic rings. The Labute approximate surface area is 73.9 Å². The summed E-state index contributed by atoms with van der Waals surface area (Å²) in [7, 11) is 0. The molecule has 0 atom stereocenters. The second kappa shape index (κ2) is 2.26. The fraction of sp³-hybridized carbons (Fsp3) is 0. The lowest BCUT2D eigenvalue weighted by molar-refractivity contribution is 1.10. The van der Waals surface area contributed by atoms with Crippen LogP contribution >= 0.6 is 0 Å². The van der Waals surface area contributed by atoms with Crippen LogP contribution in [0.5, 0.6) is 0 Å². The van der Waals surface area contributed by atoms with Gasteiger partial charge in [-0.3, -0.25) is 4.40 Å². The highest BCUT2D eigenvalue weighted by atomic mass is 15.2. The van der Waals surface area contributed by atoms with Crippen LogP contribution in [-0.4, -0.2) is 19.6 Å². The van der Waals surface area contributed by atoms with Crippen LogP contribution in [0.3, 0.4) is 0 Å². The lowest BCUT2D eigenvalue weighted by Gasteiger charge is -1.97. The van der Waals surface area contributed by atoms with Gasteiger partial charge in [-0.1, -0.05) is 0 Å². The van der Waals surface area contributed by atoms with Gasteiger partial charge in [0.25, 0.3) is 0 Å². The molecule has 3 aromatic heterocycles. The van der Waals surface area contributed by atoms with Crippen molar-refractivity contribution in [2.75, 3.05) is 0 Å². The van der Waals surface area contributed by atoms with Gasteiger partial charge in [0.05, 0.1) is 0 Å². The van der Waals surface area contributed by atoms with Gasteiger partial charge in [0, 0.05) is 11.6 Å². The van der Waals surface area contributed by atoms with Crippen LogP contribution in [0.1, 0.15) is 0 Å². The molecule has 0 aliphatic carbocycles. The first-order valence-electron chi connectivity index (χ1n) is 3.99. The van der Waals surface area contributed by atoms with Crippen molar-refractivity contribution < 1.29 is 0 Å². The van der Waals surface area contributed by atoms with Crippen molar-refractivity contribution in [2.45, 2.75) is 0 Å². The molecule has 0 aliphatic heterocycles. The highest BCUT2D eigenvalue weighted by Crippen LogP contribution is 2.11. The summed E-state index contributed by atoms with van der Waals surface area (Å²) in [6, 6.07) is 7.85. The van der Waals surface area contributed by atoms with E-state index in [2.05, 4.69) is 15.2 Å². The van der Waals surface area contributed by atoms with Crippen molar-refractivity contribution in [2.24, 2.45) is 0 Å². The molecular formula is C9H6N4. The van der Waals surface area contributed by atoms with Crippen molar-refractivity contribution >= 4 is 16.7 Å². The van der Waals surface area contributed by atoms with Crippen molar-refractivity contribution in [1.82, 2.24) is 19.6 Å². The van der Waals surface area contributed by atoms with E-state index in [1.54, 1.807) is 12.5 Å². The minimum atomic E-state index is 0.825. The summed E-state index contributed by atoms with van der Waals surface area (Å²) in [5, 5.41) is 8.86. The maximum atomic E-state index is 4.26. The number of rotatable bonds is 0. The second-order valence-corrected chi connectivity index (χ2v) is 2.81. The van der Waals surface area contributed by atoms with Crippen molar-refractivity contribution in [1.29, 1.82) is 0 Å². The number of aromatic nitrogens is 4. The summed E-state index contributed by atoms with van der Waals surface area (Å²) in [4.78, 5) is 4.26. The van der Waals surface area contributed by atoms with Crippen LogP contribution in [0, 0.1) is 0 Å². The van der Waals surface area contributed by atoms with Gasteiger partial charge in [-0.25, -0.2) is 4.98 Å². The number of nitrogens with zero attached hydrogens (tertiary/aromatic N) is 4. The van der Waals surface area contributed by atoms with E-state index in [0.29, 0.717) is 0 Å².